The Labute approximate surface area is 153 Å². The molecule has 0 unspecified atom stereocenters. The predicted molar refractivity (Wildman–Crippen MR) is 104 cm³/mol. The van der Waals surface area contributed by atoms with E-state index in [4.69, 9.17) is 4.98 Å². The summed E-state index contributed by atoms with van der Waals surface area (Å²) in [4.78, 5) is 18.3. The summed E-state index contributed by atoms with van der Waals surface area (Å²) >= 11 is 1.54. The van der Waals surface area contributed by atoms with Crippen LogP contribution in [0.1, 0.15) is 50.2 Å². The van der Waals surface area contributed by atoms with Crippen LogP contribution in [0.5, 0.6) is 0 Å². The maximum atomic E-state index is 13.4. The van der Waals surface area contributed by atoms with Crippen molar-refractivity contribution in [3.63, 3.8) is 0 Å². The average Bonchev–Trinajstić information content (AvgIpc) is 2.65. The van der Waals surface area contributed by atoms with Gasteiger partial charge in [0.15, 0.2) is 5.16 Å². The van der Waals surface area contributed by atoms with Crippen molar-refractivity contribution in [2.45, 2.75) is 56.0 Å². The normalized spacial score (nSPS) is 23.2. The number of nitrogens with zero attached hydrogens (tertiary/aromatic N) is 2. The average molecular weight is 355 g/mol. The first-order chi connectivity index (χ1) is 12.1. The van der Waals surface area contributed by atoms with Gasteiger partial charge in [-0.25, -0.2) is 4.98 Å². The molecule has 132 valence electrons. The molecule has 0 radical (unpaired) electrons. The SMILES string of the molecule is CSc1nc2c(c(=O)n1C)[C@@](C)(C1CCCCC1)Cc1ccccc1-2. The first kappa shape index (κ1) is 16.9. The maximum absolute atomic E-state index is 13.4. The summed E-state index contributed by atoms with van der Waals surface area (Å²) in [5.41, 5.74) is 4.43. The lowest BCUT2D eigenvalue weighted by atomic mass is 9.60. The van der Waals surface area contributed by atoms with E-state index >= 15 is 0 Å². The fourth-order valence-electron chi connectivity index (χ4n) is 4.95. The van der Waals surface area contributed by atoms with Gasteiger partial charge in [-0.05, 0) is 37.0 Å². The zero-order valence-corrected chi connectivity index (χ0v) is 16.2. The van der Waals surface area contributed by atoms with Gasteiger partial charge in [-0.1, -0.05) is 62.2 Å². The van der Waals surface area contributed by atoms with Gasteiger partial charge in [0.25, 0.3) is 5.56 Å². The Bertz CT molecular complexity index is 867. The summed E-state index contributed by atoms with van der Waals surface area (Å²) < 4.78 is 1.75. The van der Waals surface area contributed by atoms with Crippen LogP contribution in [0.25, 0.3) is 11.3 Å². The van der Waals surface area contributed by atoms with Crippen LogP contribution in [0.4, 0.5) is 0 Å². The van der Waals surface area contributed by atoms with E-state index in [1.54, 1.807) is 16.3 Å². The lowest BCUT2D eigenvalue weighted by Crippen LogP contribution is -2.44. The van der Waals surface area contributed by atoms with Crippen molar-refractivity contribution in [2.24, 2.45) is 13.0 Å². The van der Waals surface area contributed by atoms with Crippen molar-refractivity contribution in [1.29, 1.82) is 0 Å². The zero-order valence-electron chi connectivity index (χ0n) is 15.3. The largest absolute Gasteiger partial charge is 0.290 e. The fraction of sp³-hybridized carbons (Fsp3) is 0.524. The van der Waals surface area contributed by atoms with Gasteiger partial charge < -0.3 is 0 Å². The summed E-state index contributed by atoms with van der Waals surface area (Å²) in [6.45, 7) is 2.32. The molecule has 1 aromatic heterocycles. The molecule has 2 aliphatic rings. The minimum atomic E-state index is -0.108. The number of benzene rings is 1. The summed E-state index contributed by atoms with van der Waals surface area (Å²) in [6, 6.07) is 8.52. The second-order valence-corrected chi connectivity index (χ2v) is 8.55. The number of fused-ring (bicyclic) bond motifs is 3. The highest BCUT2D eigenvalue weighted by molar-refractivity contribution is 7.98. The molecule has 4 heteroatoms. The molecule has 4 rings (SSSR count). The van der Waals surface area contributed by atoms with E-state index < -0.39 is 0 Å². The van der Waals surface area contributed by atoms with Gasteiger partial charge in [0.2, 0.25) is 0 Å². The van der Waals surface area contributed by atoms with E-state index in [0.717, 1.165) is 28.4 Å². The molecular formula is C21H26N2OS. The van der Waals surface area contributed by atoms with Crippen molar-refractivity contribution in [3.05, 3.63) is 45.7 Å². The molecule has 25 heavy (non-hydrogen) atoms. The van der Waals surface area contributed by atoms with Crippen LogP contribution >= 0.6 is 11.8 Å². The van der Waals surface area contributed by atoms with Gasteiger partial charge >= 0.3 is 0 Å². The van der Waals surface area contributed by atoms with E-state index in [-0.39, 0.29) is 11.0 Å². The van der Waals surface area contributed by atoms with Crippen LogP contribution in [0.2, 0.25) is 0 Å². The number of aromatic nitrogens is 2. The molecule has 1 fully saturated rings. The molecule has 3 nitrogen and oxygen atoms in total. The van der Waals surface area contributed by atoms with Crippen molar-refractivity contribution in [1.82, 2.24) is 9.55 Å². The van der Waals surface area contributed by atoms with Gasteiger partial charge in [0, 0.05) is 18.0 Å². The summed E-state index contributed by atoms with van der Waals surface area (Å²) in [6.07, 6.45) is 9.30. The monoisotopic (exact) mass is 354 g/mol. The molecule has 1 atom stereocenters. The Kier molecular flexibility index (Phi) is 4.27. The van der Waals surface area contributed by atoms with E-state index in [1.165, 1.54) is 37.7 Å². The molecule has 0 spiro atoms. The first-order valence-electron chi connectivity index (χ1n) is 9.30. The van der Waals surface area contributed by atoms with Crippen LogP contribution in [-0.4, -0.2) is 15.8 Å². The molecule has 1 aromatic carbocycles. The highest BCUT2D eigenvalue weighted by atomic mass is 32.2. The topological polar surface area (TPSA) is 34.9 Å². The molecule has 0 saturated heterocycles. The van der Waals surface area contributed by atoms with Gasteiger partial charge in [-0.3, -0.25) is 9.36 Å². The number of thioether (sulfide) groups is 1. The quantitative estimate of drug-likeness (QED) is 0.585. The molecule has 1 heterocycles. The first-order valence-corrected chi connectivity index (χ1v) is 10.5. The van der Waals surface area contributed by atoms with Crippen molar-refractivity contribution >= 4 is 11.8 Å². The van der Waals surface area contributed by atoms with Gasteiger partial charge in [-0.2, -0.15) is 0 Å². The standard InChI is InChI=1S/C21H26N2OS/c1-21(15-10-5-4-6-11-15)13-14-9-7-8-12-16(14)18-17(21)19(24)23(2)20(22-18)25-3/h7-9,12,15H,4-6,10-11,13H2,1-3H3/t21-/m1/s1. The number of rotatable bonds is 2. The van der Waals surface area contributed by atoms with Crippen LogP contribution in [-0.2, 0) is 18.9 Å². The molecule has 0 bridgehead atoms. The number of hydrogen-bond donors (Lipinski definition) is 0. The highest BCUT2D eigenvalue weighted by Gasteiger charge is 2.44. The summed E-state index contributed by atoms with van der Waals surface area (Å²) in [5, 5.41) is 0.798. The Balaban J connectivity index is 2.00. The second kappa shape index (κ2) is 6.31. The third-order valence-electron chi connectivity index (χ3n) is 6.34. The lowest BCUT2D eigenvalue weighted by Gasteiger charge is -2.43. The Hall–Kier alpha value is -1.55. The summed E-state index contributed by atoms with van der Waals surface area (Å²) in [7, 11) is 1.86. The minimum Gasteiger partial charge on any atom is -0.290 e. The minimum absolute atomic E-state index is 0.108. The molecule has 0 aliphatic heterocycles. The smallest absolute Gasteiger partial charge is 0.258 e. The Morgan fingerprint density at radius 1 is 1.20 bits per heavy atom. The van der Waals surface area contributed by atoms with Crippen LogP contribution in [0.15, 0.2) is 34.2 Å². The second-order valence-electron chi connectivity index (χ2n) is 7.77. The molecule has 0 N–H and O–H groups in total. The Morgan fingerprint density at radius 3 is 2.64 bits per heavy atom. The van der Waals surface area contributed by atoms with E-state index in [1.807, 2.05) is 13.3 Å². The van der Waals surface area contributed by atoms with E-state index in [0.29, 0.717) is 5.92 Å². The molecule has 0 amide bonds. The molecular weight excluding hydrogens is 328 g/mol. The third kappa shape index (κ3) is 2.57. The van der Waals surface area contributed by atoms with Crippen molar-refractivity contribution in [2.75, 3.05) is 6.26 Å². The zero-order chi connectivity index (χ0) is 17.6. The predicted octanol–water partition coefficient (Wildman–Crippen LogP) is 4.56. The van der Waals surface area contributed by atoms with Gasteiger partial charge in [0.05, 0.1) is 11.3 Å². The Morgan fingerprint density at radius 2 is 1.92 bits per heavy atom. The molecule has 2 aromatic rings. The van der Waals surface area contributed by atoms with Gasteiger partial charge in [0.1, 0.15) is 0 Å². The van der Waals surface area contributed by atoms with Crippen LogP contribution < -0.4 is 5.56 Å². The molecule has 2 aliphatic carbocycles. The van der Waals surface area contributed by atoms with Crippen LogP contribution in [0.3, 0.4) is 0 Å². The van der Waals surface area contributed by atoms with E-state index in [9.17, 15) is 4.79 Å². The summed E-state index contributed by atoms with van der Waals surface area (Å²) in [5.74, 6) is 0.572. The third-order valence-corrected chi connectivity index (χ3v) is 7.07. The van der Waals surface area contributed by atoms with E-state index in [2.05, 4.69) is 31.2 Å². The fourth-order valence-corrected chi connectivity index (χ4v) is 5.49. The van der Waals surface area contributed by atoms with Crippen molar-refractivity contribution < 1.29 is 0 Å². The number of hydrogen-bond acceptors (Lipinski definition) is 3. The van der Waals surface area contributed by atoms with Crippen LogP contribution in [0, 0.1) is 5.92 Å². The highest BCUT2D eigenvalue weighted by Crippen LogP contribution is 2.49. The van der Waals surface area contributed by atoms with Crippen molar-refractivity contribution in [3.8, 4) is 11.3 Å². The maximum Gasteiger partial charge on any atom is 0.258 e. The van der Waals surface area contributed by atoms with Gasteiger partial charge in [-0.15, -0.1) is 0 Å². The lowest BCUT2D eigenvalue weighted by molar-refractivity contribution is 0.212. The molecule has 1 saturated carbocycles.